The summed E-state index contributed by atoms with van der Waals surface area (Å²) in [6.45, 7) is 13.7. The maximum absolute atomic E-state index is 7.04. The van der Waals surface area contributed by atoms with Gasteiger partial charge in [-0.15, -0.1) is 0 Å². The molecule has 1 spiro atoms. The highest BCUT2D eigenvalue weighted by Gasteiger charge is 2.53. The predicted molar refractivity (Wildman–Crippen MR) is 371 cm³/mol. The molecule has 0 atom stereocenters. The minimum atomic E-state index is -0.787. The van der Waals surface area contributed by atoms with Crippen LogP contribution >= 0.6 is 0 Å². The van der Waals surface area contributed by atoms with Crippen molar-refractivity contribution < 1.29 is 4.74 Å². The van der Waals surface area contributed by atoms with Gasteiger partial charge >= 0.3 is 0 Å². The molecule has 13 aromatic carbocycles. The standard InChI is InChI=1S/C85H68N2O/c1-83(2,3)63-35-43-67(44-36-63)86(65-39-31-57(32-40-65)61-29-27-55-17-7-9-19-59(55)51-61)69-47-49-73-75(53-69)71-21-11-12-22-72(71)81-74-50-48-70(54-78(74)85(82(73)81)76-23-13-15-25-79(76)88-80-26-16-14-24-77(80)85)87(68-45-37-64(38-46-68)84(4,5)6)66-41-33-58(34-42-66)62-30-28-56-18-8-10-20-60(56)52-62/h7-9,11-19,21-54H,10,20H2,1-6H3. The molecule has 0 aromatic heterocycles. The number of hydrogen-bond donors (Lipinski definition) is 0. The van der Waals surface area contributed by atoms with Crippen LogP contribution in [-0.2, 0) is 22.7 Å². The lowest BCUT2D eigenvalue weighted by Gasteiger charge is -2.40. The van der Waals surface area contributed by atoms with Crippen molar-refractivity contribution in [1.29, 1.82) is 0 Å². The SMILES string of the molecule is CC(C)(C)c1ccc(N(c2ccc(-c3ccc4c(c3)CCC=C4)cc2)c2ccc3c(c2)C2(c4ccccc4Oc4ccccc42)c2c-3c3ccccc3c3cc(N(c4ccc(-c5ccc6ccccc6c5)cc4)c4ccc(C(C)(C)C)cc4)ccc23)cc1. The number of ether oxygens (including phenoxy) is 1. The van der Waals surface area contributed by atoms with E-state index in [9.17, 15) is 0 Å². The number of allylic oxidation sites excluding steroid dienone is 1. The summed E-state index contributed by atoms with van der Waals surface area (Å²) in [5.74, 6) is 1.73. The summed E-state index contributed by atoms with van der Waals surface area (Å²) in [5.41, 5.74) is 23.2. The van der Waals surface area contributed by atoms with Crippen molar-refractivity contribution in [2.24, 2.45) is 0 Å². The molecular formula is C85H68N2O. The molecule has 0 unspecified atom stereocenters. The first-order valence-electron chi connectivity index (χ1n) is 31.2. The van der Waals surface area contributed by atoms with Gasteiger partial charge in [0.15, 0.2) is 0 Å². The Balaban J connectivity index is 0.909. The first-order chi connectivity index (χ1) is 42.9. The minimum Gasteiger partial charge on any atom is -0.457 e. The fourth-order valence-corrected chi connectivity index (χ4v) is 14.6. The van der Waals surface area contributed by atoms with Crippen molar-refractivity contribution in [1.82, 2.24) is 0 Å². The number of anilines is 6. The van der Waals surface area contributed by atoms with E-state index in [1.54, 1.807) is 0 Å². The Kier molecular flexibility index (Phi) is 12.4. The minimum absolute atomic E-state index is 0.00194. The fourth-order valence-electron chi connectivity index (χ4n) is 14.6. The number of para-hydroxylation sites is 2. The Bertz CT molecular complexity index is 4890. The topological polar surface area (TPSA) is 15.7 Å². The van der Waals surface area contributed by atoms with E-state index >= 15 is 0 Å². The summed E-state index contributed by atoms with van der Waals surface area (Å²) in [4.78, 5) is 4.90. The quantitative estimate of drug-likeness (QED) is 0.141. The average molecular weight is 1130 g/mol. The van der Waals surface area contributed by atoms with Crippen LogP contribution in [0.2, 0.25) is 0 Å². The highest BCUT2D eigenvalue weighted by molar-refractivity contribution is 6.20. The Labute approximate surface area is 517 Å². The normalized spacial score (nSPS) is 13.6. The predicted octanol–water partition coefficient (Wildman–Crippen LogP) is 23.4. The lowest BCUT2D eigenvalue weighted by atomic mass is 9.65. The van der Waals surface area contributed by atoms with E-state index in [0.29, 0.717) is 0 Å². The lowest BCUT2D eigenvalue weighted by Crippen LogP contribution is -2.32. The largest absolute Gasteiger partial charge is 0.457 e. The molecule has 0 amide bonds. The Hall–Kier alpha value is -10.2. The van der Waals surface area contributed by atoms with E-state index in [0.717, 1.165) is 69.6 Å². The second-order valence-electron chi connectivity index (χ2n) is 26.4. The zero-order chi connectivity index (χ0) is 59.5. The van der Waals surface area contributed by atoms with Crippen molar-refractivity contribution in [2.75, 3.05) is 9.80 Å². The molecular weight excluding hydrogens is 1060 g/mol. The number of benzene rings is 13. The van der Waals surface area contributed by atoms with Gasteiger partial charge in [0.1, 0.15) is 11.5 Å². The van der Waals surface area contributed by atoms with Crippen molar-refractivity contribution in [3.8, 4) is 44.9 Å². The van der Waals surface area contributed by atoms with Crippen LogP contribution < -0.4 is 14.5 Å². The van der Waals surface area contributed by atoms with Gasteiger partial charge in [0.2, 0.25) is 0 Å². The summed E-state index contributed by atoms with van der Waals surface area (Å²) >= 11 is 0. The fraction of sp³-hybridized carbons (Fsp3) is 0.129. The molecule has 0 fully saturated rings. The third kappa shape index (κ3) is 8.69. The van der Waals surface area contributed by atoms with Crippen molar-refractivity contribution in [3.05, 3.63) is 318 Å². The van der Waals surface area contributed by atoms with Crippen LogP contribution in [0.25, 0.3) is 71.8 Å². The van der Waals surface area contributed by atoms with Crippen molar-refractivity contribution in [3.63, 3.8) is 0 Å². The summed E-state index contributed by atoms with van der Waals surface area (Å²) in [7, 11) is 0. The van der Waals surface area contributed by atoms with E-state index < -0.39 is 5.41 Å². The smallest absolute Gasteiger partial charge is 0.132 e. The van der Waals surface area contributed by atoms with Gasteiger partial charge in [-0.05, 0) is 214 Å². The zero-order valence-electron chi connectivity index (χ0n) is 50.8. The van der Waals surface area contributed by atoms with E-state index in [4.69, 9.17) is 4.74 Å². The molecule has 3 heteroatoms. The molecule has 0 bridgehead atoms. The monoisotopic (exact) mass is 1130 g/mol. The zero-order valence-corrected chi connectivity index (χ0v) is 50.8. The molecule has 3 nitrogen and oxygen atoms in total. The first kappa shape index (κ1) is 53.3. The number of fused-ring (bicyclic) bond motifs is 16. The highest BCUT2D eigenvalue weighted by Crippen LogP contribution is 2.66. The maximum Gasteiger partial charge on any atom is 0.132 e. The maximum atomic E-state index is 7.04. The molecule has 13 aromatic rings. The van der Waals surface area contributed by atoms with Crippen LogP contribution in [0, 0.1) is 0 Å². The molecule has 88 heavy (non-hydrogen) atoms. The van der Waals surface area contributed by atoms with Crippen LogP contribution in [-0.4, -0.2) is 0 Å². The molecule has 0 saturated heterocycles. The Morgan fingerprint density at radius 3 is 1.47 bits per heavy atom. The van der Waals surface area contributed by atoms with Gasteiger partial charge in [0.25, 0.3) is 0 Å². The molecule has 0 saturated carbocycles. The average Bonchev–Trinajstić information content (AvgIpc) is 1.47. The molecule has 16 rings (SSSR count). The van der Waals surface area contributed by atoms with Gasteiger partial charge in [0.05, 0.1) is 5.41 Å². The van der Waals surface area contributed by atoms with Crippen LogP contribution in [0.15, 0.2) is 273 Å². The molecule has 424 valence electrons. The molecule has 3 aliphatic rings. The van der Waals surface area contributed by atoms with Gasteiger partial charge in [0, 0.05) is 45.3 Å². The van der Waals surface area contributed by atoms with Gasteiger partial charge in [-0.2, -0.15) is 0 Å². The summed E-state index contributed by atoms with van der Waals surface area (Å²) in [5, 5.41) is 7.32. The van der Waals surface area contributed by atoms with Gasteiger partial charge < -0.3 is 14.5 Å². The second-order valence-corrected chi connectivity index (χ2v) is 26.4. The number of hydrogen-bond acceptors (Lipinski definition) is 3. The van der Waals surface area contributed by atoms with Crippen LogP contribution in [0.4, 0.5) is 34.1 Å². The highest BCUT2D eigenvalue weighted by atomic mass is 16.5. The lowest BCUT2D eigenvalue weighted by molar-refractivity contribution is 0.437. The third-order valence-electron chi connectivity index (χ3n) is 19.0. The number of rotatable bonds is 8. The van der Waals surface area contributed by atoms with E-state index in [-0.39, 0.29) is 10.8 Å². The Morgan fingerprint density at radius 2 is 0.852 bits per heavy atom. The van der Waals surface area contributed by atoms with Crippen LogP contribution in [0.3, 0.4) is 0 Å². The van der Waals surface area contributed by atoms with Crippen LogP contribution in [0.1, 0.15) is 92.5 Å². The van der Waals surface area contributed by atoms with Crippen molar-refractivity contribution >= 4 is 72.5 Å². The van der Waals surface area contributed by atoms with Gasteiger partial charge in [-0.25, -0.2) is 0 Å². The molecule has 0 radical (unpaired) electrons. The van der Waals surface area contributed by atoms with E-state index in [2.05, 4.69) is 330 Å². The molecule has 0 N–H and O–H groups in total. The van der Waals surface area contributed by atoms with Gasteiger partial charge in [-0.1, -0.05) is 230 Å². The van der Waals surface area contributed by atoms with Gasteiger partial charge in [-0.3, -0.25) is 0 Å². The number of nitrogens with zero attached hydrogens (tertiary/aromatic N) is 2. The molecule has 1 heterocycles. The summed E-state index contributed by atoms with van der Waals surface area (Å²) < 4.78 is 7.04. The number of aryl methyl sites for hydroxylation is 1. The van der Waals surface area contributed by atoms with E-state index in [1.165, 1.54) is 99.1 Å². The molecule has 1 aliphatic heterocycles. The first-order valence-corrected chi connectivity index (χ1v) is 31.2. The second kappa shape index (κ2) is 20.5. The summed E-state index contributed by atoms with van der Waals surface area (Å²) in [6.07, 6.45) is 6.71. The summed E-state index contributed by atoms with van der Waals surface area (Å²) in [6, 6.07) is 100. The van der Waals surface area contributed by atoms with Crippen LogP contribution in [0.5, 0.6) is 11.5 Å². The third-order valence-corrected chi connectivity index (χ3v) is 19.0. The Morgan fingerprint density at radius 1 is 0.364 bits per heavy atom. The van der Waals surface area contributed by atoms with E-state index in [1.807, 2.05) is 0 Å². The molecule has 2 aliphatic carbocycles. The van der Waals surface area contributed by atoms with Crippen molar-refractivity contribution in [2.45, 2.75) is 70.6 Å².